The third-order valence-electron chi connectivity index (χ3n) is 6.75. The van der Waals surface area contributed by atoms with Gasteiger partial charge in [0, 0.05) is 6.54 Å². The van der Waals surface area contributed by atoms with E-state index in [-0.39, 0.29) is 28.1 Å². The van der Waals surface area contributed by atoms with Crippen LogP contribution in [0.2, 0.25) is 0 Å². The number of hydrogen-bond donors (Lipinski definition) is 2. The first-order valence-corrected chi connectivity index (χ1v) is 12.3. The van der Waals surface area contributed by atoms with Crippen molar-refractivity contribution in [3.63, 3.8) is 0 Å². The molecule has 2 fully saturated rings. The van der Waals surface area contributed by atoms with Gasteiger partial charge >= 0.3 is 0 Å². The predicted molar refractivity (Wildman–Crippen MR) is 119 cm³/mol. The maximum Gasteiger partial charge on any atom is 0.244 e. The van der Waals surface area contributed by atoms with Crippen molar-refractivity contribution in [2.75, 3.05) is 6.54 Å². The molecule has 5 atom stereocenters. The fourth-order valence-electron chi connectivity index (χ4n) is 4.73. The van der Waals surface area contributed by atoms with E-state index in [4.69, 9.17) is 5.26 Å². The predicted octanol–water partition coefficient (Wildman–Crippen LogP) is 1.89. The van der Waals surface area contributed by atoms with Gasteiger partial charge in [-0.25, -0.2) is 8.42 Å². The third kappa shape index (κ3) is 4.39. The first kappa shape index (κ1) is 24.2. The van der Waals surface area contributed by atoms with E-state index >= 15 is 0 Å². The van der Waals surface area contributed by atoms with E-state index in [1.165, 1.54) is 17.0 Å². The Morgan fingerprint density at radius 2 is 1.81 bits per heavy atom. The lowest BCUT2D eigenvalue weighted by Crippen LogP contribution is -2.59. The van der Waals surface area contributed by atoms with Crippen LogP contribution >= 0.6 is 0 Å². The van der Waals surface area contributed by atoms with Gasteiger partial charge in [-0.3, -0.25) is 9.59 Å². The number of fused-ring (bicyclic) bond motifs is 1. The Morgan fingerprint density at radius 1 is 1.22 bits per heavy atom. The first-order valence-electron chi connectivity index (χ1n) is 10.8. The van der Waals surface area contributed by atoms with Crippen LogP contribution in [-0.4, -0.2) is 49.8 Å². The molecule has 3 rings (SSSR count). The first-order chi connectivity index (χ1) is 14.7. The van der Waals surface area contributed by atoms with Crippen LogP contribution in [0.3, 0.4) is 0 Å². The van der Waals surface area contributed by atoms with Crippen LogP contribution in [0, 0.1) is 34.0 Å². The molecule has 9 heteroatoms. The molecule has 0 bridgehead atoms. The molecule has 1 aromatic carbocycles. The molecule has 1 aliphatic carbocycles. The van der Waals surface area contributed by atoms with Crippen molar-refractivity contribution in [1.29, 1.82) is 5.26 Å². The number of piperidine rings is 1. The summed E-state index contributed by atoms with van der Waals surface area (Å²) in [5.41, 5.74) is -0.822. The van der Waals surface area contributed by atoms with E-state index in [1.807, 2.05) is 6.07 Å². The maximum absolute atomic E-state index is 13.7. The molecule has 2 aliphatic rings. The average molecular weight is 461 g/mol. The van der Waals surface area contributed by atoms with Gasteiger partial charge in [0.1, 0.15) is 18.1 Å². The molecule has 1 saturated heterocycles. The average Bonchev–Trinajstić information content (AvgIpc) is 3.04. The lowest BCUT2D eigenvalue weighted by Gasteiger charge is -2.37. The Labute approximate surface area is 190 Å². The third-order valence-corrected chi connectivity index (χ3v) is 8.19. The maximum atomic E-state index is 13.7. The number of benzene rings is 1. The van der Waals surface area contributed by atoms with E-state index in [1.54, 1.807) is 45.9 Å². The van der Waals surface area contributed by atoms with Crippen LogP contribution in [0.15, 0.2) is 35.2 Å². The molecule has 2 amide bonds. The van der Waals surface area contributed by atoms with E-state index < -0.39 is 39.5 Å². The Bertz CT molecular complexity index is 1040. The molecule has 1 saturated carbocycles. The SMILES string of the molecule is C[C@@H](C#N)NC(=O)[C@@H]1[C@@H]2[C@H](CN1C(=O)[C@@H](NS(=O)(=O)c1ccccc1)C(C)(C)C)C2(C)C. The Hall–Kier alpha value is -2.44. The van der Waals surface area contributed by atoms with Crippen molar-refractivity contribution in [3.05, 3.63) is 30.3 Å². The minimum atomic E-state index is -3.94. The highest BCUT2D eigenvalue weighted by atomic mass is 32.2. The highest BCUT2D eigenvalue weighted by Gasteiger charge is 2.69. The summed E-state index contributed by atoms with van der Waals surface area (Å²) in [5, 5.41) is 11.8. The molecular formula is C23H32N4O4S. The van der Waals surface area contributed by atoms with E-state index in [9.17, 15) is 18.0 Å². The number of carbonyl (C=O) groups excluding carboxylic acids is 2. The number of carbonyl (C=O) groups is 2. The van der Waals surface area contributed by atoms with E-state index in [0.717, 1.165) is 0 Å². The fourth-order valence-corrected chi connectivity index (χ4v) is 6.15. The van der Waals surface area contributed by atoms with Gasteiger partial charge in [-0.05, 0) is 41.7 Å². The molecule has 2 N–H and O–H groups in total. The van der Waals surface area contributed by atoms with Crippen molar-refractivity contribution in [2.24, 2.45) is 22.7 Å². The minimum Gasteiger partial charge on any atom is -0.339 e. The molecule has 8 nitrogen and oxygen atoms in total. The fraction of sp³-hybridized carbons (Fsp3) is 0.609. The number of nitrogens with zero attached hydrogens (tertiary/aromatic N) is 2. The van der Waals surface area contributed by atoms with Gasteiger partial charge in [0.05, 0.1) is 11.0 Å². The van der Waals surface area contributed by atoms with Gasteiger partial charge in [-0.15, -0.1) is 0 Å². The van der Waals surface area contributed by atoms with Crippen LogP contribution < -0.4 is 10.0 Å². The summed E-state index contributed by atoms with van der Waals surface area (Å²) in [6, 6.07) is 7.41. The number of rotatable bonds is 6. The molecule has 0 aromatic heterocycles. The molecule has 174 valence electrons. The number of nitrogens with one attached hydrogen (secondary N) is 2. The summed E-state index contributed by atoms with van der Waals surface area (Å²) in [5.74, 6) is -0.663. The van der Waals surface area contributed by atoms with Crippen LogP contribution in [0.1, 0.15) is 41.5 Å². The highest BCUT2D eigenvalue weighted by molar-refractivity contribution is 7.89. The van der Waals surface area contributed by atoms with Crippen molar-refractivity contribution in [3.8, 4) is 6.07 Å². The molecule has 0 unspecified atom stereocenters. The van der Waals surface area contributed by atoms with Crippen molar-refractivity contribution in [1.82, 2.24) is 14.9 Å². The normalized spacial score (nSPS) is 25.9. The lowest BCUT2D eigenvalue weighted by atomic mass is 9.86. The van der Waals surface area contributed by atoms with Gasteiger partial charge in [-0.2, -0.15) is 9.98 Å². The van der Waals surface area contributed by atoms with Gasteiger partial charge in [0.25, 0.3) is 0 Å². The standard InChI is InChI=1S/C23H32N4O4S/c1-14(12-24)25-20(28)18-17-16(23(17,5)6)13-27(18)21(29)19(22(2,3)4)26-32(30,31)15-10-8-7-9-11-15/h7-11,14,16-19,26H,13H2,1-6H3,(H,25,28)/t14-,16-,17-,18-,19+/m0/s1. The molecule has 32 heavy (non-hydrogen) atoms. The zero-order valence-corrected chi connectivity index (χ0v) is 20.2. The quantitative estimate of drug-likeness (QED) is 0.672. The molecule has 1 aromatic rings. The second-order valence-electron chi connectivity index (χ2n) is 10.5. The zero-order valence-electron chi connectivity index (χ0n) is 19.4. The van der Waals surface area contributed by atoms with Gasteiger partial charge in [0.2, 0.25) is 21.8 Å². The van der Waals surface area contributed by atoms with Crippen molar-refractivity contribution in [2.45, 2.75) is 64.6 Å². The molecule has 0 spiro atoms. The summed E-state index contributed by atoms with van der Waals surface area (Å²) >= 11 is 0. The van der Waals surface area contributed by atoms with Crippen LogP contribution in [0.5, 0.6) is 0 Å². The number of amides is 2. The van der Waals surface area contributed by atoms with Crippen LogP contribution in [0.25, 0.3) is 0 Å². The Morgan fingerprint density at radius 3 is 2.34 bits per heavy atom. The van der Waals surface area contributed by atoms with Crippen molar-refractivity contribution >= 4 is 21.8 Å². The zero-order chi connectivity index (χ0) is 24.1. The Kier molecular flexibility index (Phi) is 6.17. The monoisotopic (exact) mass is 460 g/mol. The summed E-state index contributed by atoms with van der Waals surface area (Å²) in [4.78, 5) is 28.3. The molecule has 0 radical (unpaired) electrons. The van der Waals surface area contributed by atoms with Crippen LogP contribution in [0.4, 0.5) is 0 Å². The van der Waals surface area contributed by atoms with Gasteiger partial charge in [0.15, 0.2) is 0 Å². The largest absolute Gasteiger partial charge is 0.339 e. The van der Waals surface area contributed by atoms with Gasteiger partial charge in [-0.1, -0.05) is 52.8 Å². The van der Waals surface area contributed by atoms with E-state index in [0.29, 0.717) is 6.54 Å². The lowest BCUT2D eigenvalue weighted by molar-refractivity contribution is -0.143. The topological polar surface area (TPSA) is 119 Å². The number of hydrogen-bond acceptors (Lipinski definition) is 5. The minimum absolute atomic E-state index is 0.0244. The summed E-state index contributed by atoms with van der Waals surface area (Å²) in [6.45, 7) is 11.5. The molecule has 1 heterocycles. The van der Waals surface area contributed by atoms with Gasteiger partial charge < -0.3 is 10.2 Å². The summed E-state index contributed by atoms with van der Waals surface area (Å²) < 4.78 is 28.6. The second kappa shape index (κ2) is 8.16. The number of nitriles is 1. The molecule has 1 aliphatic heterocycles. The Balaban J connectivity index is 1.90. The van der Waals surface area contributed by atoms with Crippen LogP contribution in [-0.2, 0) is 19.6 Å². The smallest absolute Gasteiger partial charge is 0.244 e. The highest BCUT2D eigenvalue weighted by Crippen LogP contribution is 2.65. The van der Waals surface area contributed by atoms with Crippen molar-refractivity contribution < 1.29 is 18.0 Å². The summed E-state index contributed by atoms with van der Waals surface area (Å²) in [6.07, 6.45) is 0. The molecular weight excluding hydrogens is 428 g/mol. The number of sulfonamides is 1. The summed E-state index contributed by atoms with van der Waals surface area (Å²) in [7, 11) is -3.94. The number of likely N-dealkylation sites (tertiary alicyclic amines) is 1. The second-order valence-corrected chi connectivity index (χ2v) is 12.2. The van der Waals surface area contributed by atoms with E-state index in [2.05, 4.69) is 23.9 Å².